The van der Waals surface area contributed by atoms with Gasteiger partial charge in [0.15, 0.2) is 0 Å². The van der Waals surface area contributed by atoms with Gasteiger partial charge in [-0.2, -0.15) is 0 Å². The number of likely N-dealkylation sites (N-methyl/N-ethyl adjacent to an activating group) is 1. The summed E-state index contributed by atoms with van der Waals surface area (Å²) in [5.41, 5.74) is 8.92. The molecule has 0 unspecified atom stereocenters. The van der Waals surface area contributed by atoms with Crippen LogP contribution < -0.4 is 11.1 Å². The summed E-state index contributed by atoms with van der Waals surface area (Å²) in [7, 11) is 2.18. The van der Waals surface area contributed by atoms with E-state index in [1.807, 2.05) is 13.0 Å². The first kappa shape index (κ1) is 13.3. The summed E-state index contributed by atoms with van der Waals surface area (Å²) in [6, 6.07) is 6.98. The van der Waals surface area contributed by atoms with Crippen LogP contribution >= 0.6 is 12.2 Å². The molecule has 4 heteroatoms. The molecule has 1 aliphatic carbocycles. The van der Waals surface area contributed by atoms with E-state index in [0.717, 1.165) is 30.4 Å². The second-order valence-electron chi connectivity index (χ2n) is 5.05. The first-order chi connectivity index (χ1) is 8.58. The number of aryl methyl sites for hydroxylation is 1. The van der Waals surface area contributed by atoms with Crippen molar-refractivity contribution in [2.45, 2.75) is 25.8 Å². The number of benzene rings is 1. The summed E-state index contributed by atoms with van der Waals surface area (Å²) < 4.78 is 0. The third-order valence-electron chi connectivity index (χ3n) is 3.39. The van der Waals surface area contributed by atoms with E-state index in [4.69, 9.17) is 18.0 Å². The van der Waals surface area contributed by atoms with Gasteiger partial charge in [0.2, 0.25) is 0 Å². The summed E-state index contributed by atoms with van der Waals surface area (Å²) in [5, 5.41) is 3.43. The maximum absolute atomic E-state index is 5.75. The summed E-state index contributed by atoms with van der Waals surface area (Å²) in [6.45, 7) is 4.02. The number of nitrogens with one attached hydrogen (secondary N) is 1. The molecule has 0 heterocycles. The van der Waals surface area contributed by atoms with E-state index < -0.39 is 0 Å². The summed E-state index contributed by atoms with van der Waals surface area (Å²) in [4.78, 5) is 2.86. The number of thiocarbonyl (C=S) groups is 1. The minimum atomic E-state index is 0.455. The maximum atomic E-state index is 5.75. The Morgan fingerprint density at radius 2 is 2.22 bits per heavy atom. The fraction of sp³-hybridized carbons (Fsp3) is 0.500. The second-order valence-corrected chi connectivity index (χ2v) is 5.49. The number of nitrogens with two attached hydrogens (primary N) is 1. The van der Waals surface area contributed by atoms with Crippen LogP contribution in [0.2, 0.25) is 0 Å². The van der Waals surface area contributed by atoms with E-state index in [2.05, 4.69) is 29.4 Å². The molecule has 98 valence electrons. The average molecular weight is 263 g/mol. The molecule has 0 aliphatic heterocycles. The van der Waals surface area contributed by atoms with E-state index in [9.17, 15) is 0 Å². The summed E-state index contributed by atoms with van der Waals surface area (Å²) in [6.07, 6.45) is 2.69. The van der Waals surface area contributed by atoms with E-state index >= 15 is 0 Å². The Balaban J connectivity index is 1.93. The average Bonchev–Trinajstić information content (AvgIpc) is 3.14. The Hall–Kier alpha value is -1.13. The van der Waals surface area contributed by atoms with Gasteiger partial charge in [-0.1, -0.05) is 23.8 Å². The first-order valence-electron chi connectivity index (χ1n) is 6.42. The van der Waals surface area contributed by atoms with E-state index in [-0.39, 0.29) is 0 Å². The highest BCUT2D eigenvalue weighted by atomic mass is 32.1. The largest absolute Gasteiger partial charge is 0.389 e. The Morgan fingerprint density at radius 1 is 1.50 bits per heavy atom. The van der Waals surface area contributed by atoms with Gasteiger partial charge in [-0.15, -0.1) is 0 Å². The van der Waals surface area contributed by atoms with Crippen molar-refractivity contribution < 1.29 is 0 Å². The first-order valence-corrected chi connectivity index (χ1v) is 6.83. The van der Waals surface area contributed by atoms with Crippen molar-refractivity contribution in [2.75, 3.05) is 25.5 Å². The lowest BCUT2D eigenvalue weighted by molar-refractivity contribution is 0.337. The van der Waals surface area contributed by atoms with Gasteiger partial charge in [0.1, 0.15) is 4.99 Å². The molecule has 0 atom stereocenters. The van der Waals surface area contributed by atoms with Gasteiger partial charge >= 0.3 is 0 Å². The molecule has 0 spiro atoms. The lowest BCUT2D eigenvalue weighted by atomic mass is 10.1. The molecule has 3 nitrogen and oxygen atoms in total. The molecule has 0 radical (unpaired) electrons. The van der Waals surface area contributed by atoms with Crippen LogP contribution in [-0.4, -0.2) is 36.1 Å². The fourth-order valence-corrected chi connectivity index (χ4v) is 2.25. The van der Waals surface area contributed by atoms with Crippen molar-refractivity contribution in [3.63, 3.8) is 0 Å². The normalized spacial score (nSPS) is 14.8. The highest BCUT2D eigenvalue weighted by Crippen LogP contribution is 2.25. The standard InChI is InChI=1S/C14H21N3S/c1-10-3-6-13(12(9-10)14(15)18)16-7-8-17(2)11-4-5-11/h3,6,9,11,16H,4-5,7-8H2,1-2H3,(H2,15,18). The van der Waals surface area contributed by atoms with Crippen LogP contribution in [0.25, 0.3) is 0 Å². The molecule has 18 heavy (non-hydrogen) atoms. The second kappa shape index (κ2) is 5.67. The van der Waals surface area contributed by atoms with Crippen LogP contribution in [0.3, 0.4) is 0 Å². The lowest BCUT2D eigenvalue weighted by Gasteiger charge is -2.17. The van der Waals surface area contributed by atoms with E-state index in [1.165, 1.54) is 18.4 Å². The van der Waals surface area contributed by atoms with Gasteiger partial charge < -0.3 is 16.0 Å². The van der Waals surface area contributed by atoms with Crippen molar-refractivity contribution in [1.29, 1.82) is 0 Å². The topological polar surface area (TPSA) is 41.3 Å². The predicted molar refractivity (Wildman–Crippen MR) is 81.2 cm³/mol. The van der Waals surface area contributed by atoms with Gasteiger partial charge in [-0.25, -0.2) is 0 Å². The molecule has 0 aromatic heterocycles. The van der Waals surface area contributed by atoms with Crippen LogP contribution in [0, 0.1) is 6.92 Å². The molecule has 2 rings (SSSR count). The molecule has 1 aliphatic rings. The number of anilines is 1. The molecule has 0 amide bonds. The third-order valence-corrected chi connectivity index (χ3v) is 3.61. The molecule has 1 aromatic carbocycles. The zero-order chi connectivity index (χ0) is 13.1. The zero-order valence-electron chi connectivity index (χ0n) is 11.1. The highest BCUT2D eigenvalue weighted by molar-refractivity contribution is 7.80. The van der Waals surface area contributed by atoms with Crippen LogP contribution in [-0.2, 0) is 0 Å². The molecule has 1 fully saturated rings. The molecule has 0 saturated heterocycles. The SMILES string of the molecule is Cc1ccc(NCCN(C)C2CC2)c(C(N)=S)c1. The smallest absolute Gasteiger partial charge is 0.106 e. The van der Waals surface area contributed by atoms with Crippen molar-refractivity contribution in [1.82, 2.24) is 4.90 Å². The number of hydrogen-bond donors (Lipinski definition) is 2. The quantitative estimate of drug-likeness (QED) is 0.772. The Labute approximate surface area is 114 Å². The Morgan fingerprint density at radius 3 is 2.83 bits per heavy atom. The van der Waals surface area contributed by atoms with Crippen molar-refractivity contribution in [3.05, 3.63) is 29.3 Å². The van der Waals surface area contributed by atoms with E-state index in [0.29, 0.717) is 4.99 Å². The van der Waals surface area contributed by atoms with Gasteiger partial charge in [-0.3, -0.25) is 0 Å². The van der Waals surface area contributed by atoms with E-state index in [1.54, 1.807) is 0 Å². The van der Waals surface area contributed by atoms with Crippen molar-refractivity contribution >= 4 is 22.9 Å². The fourth-order valence-electron chi connectivity index (χ4n) is 2.08. The Bertz CT molecular complexity index is 441. The predicted octanol–water partition coefficient (Wildman–Crippen LogP) is 2.14. The minimum Gasteiger partial charge on any atom is -0.389 e. The molecule has 0 bridgehead atoms. The molecular formula is C14H21N3S. The maximum Gasteiger partial charge on any atom is 0.106 e. The molecule has 1 aromatic rings. The summed E-state index contributed by atoms with van der Waals surface area (Å²) in [5.74, 6) is 0. The van der Waals surface area contributed by atoms with Crippen LogP contribution in [0.5, 0.6) is 0 Å². The molecular weight excluding hydrogens is 242 g/mol. The molecule has 3 N–H and O–H groups in total. The monoisotopic (exact) mass is 263 g/mol. The lowest BCUT2D eigenvalue weighted by Crippen LogP contribution is -2.27. The third kappa shape index (κ3) is 3.43. The van der Waals surface area contributed by atoms with Gasteiger partial charge in [-0.05, 0) is 38.9 Å². The number of nitrogens with zero attached hydrogens (tertiary/aromatic N) is 1. The number of rotatable bonds is 6. The van der Waals surface area contributed by atoms with Gasteiger partial charge in [0.25, 0.3) is 0 Å². The van der Waals surface area contributed by atoms with Crippen LogP contribution in [0.15, 0.2) is 18.2 Å². The summed E-state index contributed by atoms with van der Waals surface area (Å²) >= 11 is 5.09. The zero-order valence-corrected chi connectivity index (χ0v) is 11.9. The number of hydrogen-bond acceptors (Lipinski definition) is 3. The minimum absolute atomic E-state index is 0.455. The van der Waals surface area contributed by atoms with Crippen molar-refractivity contribution in [3.8, 4) is 0 Å². The van der Waals surface area contributed by atoms with Crippen LogP contribution in [0.4, 0.5) is 5.69 Å². The molecule has 1 saturated carbocycles. The van der Waals surface area contributed by atoms with Crippen molar-refractivity contribution in [2.24, 2.45) is 5.73 Å². The van der Waals surface area contributed by atoms with Gasteiger partial charge in [0.05, 0.1) is 0 Å². The van der Waals surface area contributed by atoms with Crippen LogP contribution in [0.1, 0.15) is 24.0 Å². The Kier molecular flexibility index (Phi) is 4.19. The van der Waals surface area contributed by atoms with Gasteiger partial charge in [0, 0.05) is 30.4 Å². The highest BCUT2D eigenvalue weighted by Gasteiger charge is 2.25.